The molecule has 2 atom stereocenters. The van der Waals surface area contributed by atoms with Gasteiger partial charge in [-0.3, -0.25) is 9.89 Å². The lowest BCUT2D eigenvalue weighted by Crippen LogP contribution is -2.41. The molecule has 0 amide bonds. The van der Waals surface area contributed by atoms with E-state index in [1.54, 1.807) is 7.11 Å². The number of nitrogens with zero attached hydrogens (tertiary/aromatic N) is 3. The molecule has 2 unspecified atom stereocenters. The lowest BCUT2D eigenvalue weighted by atomic mass is 10.1. The number of rotatable bonds is 9. The van der Waals surface area contributed by atoms with E-state index in [4.69, 9.17) is 9.73 Å². The Hall–Kier alpha value is -1.06. The minimum absolute atomic E-state index is 0. The van der Waals surface area contributed by atoms with Crippen molar-refractivity contribution < 1.29 is 4.74 Å². The highest BCUT2D eigenvalue weighted by atomic mass is 127. The molecule has 0 bridgehead atoms. The van der Waals surface area contributed by atoms with Gasteiger partial charge in [0.1, 0.15) is 5.75 Å². The molecule has 0 spiro atoms. The molecule has 2 aliphatic rings. The largest absolute Gasteiger partial charge is 0.497 e. The number of likely N-dealkylation sites (tertiary alicyclic amines) is 2. The Morgan fingerprint density at radius 1 is 1.20 bits per heavy atom. The summed E-state index contributed by atoms with van der Waals surface area (Å²) in [6.45, 7) is 12.9. The Balaban J connectivity index is 0.00000320. The fraction of sp³-hybridized carbons (Fsp3) is 0.696. The van der Waals surface area contributed by atoms with Gasteiger partial charge in [0.25, 0.3) is 0 Å². The standard InChI is InChI=1S/C23H39N5O.HI/c1-4-24-23(25-16-19-11-14-27(5-2)18-19)26-17-22(28-12-6-7-13-28)20-9-8-10-21(15-20)29-3;/h8-10,15,19,22H,4-7,11-14,16-18H2,1-3H3,(H2,24,25,26);1H. The highest BCUT2D eigenvalue weighted by Gasteiger charge is 2.24. The number of hydrogen-bond donors (Lipinski definition) is 2. The molecule has 0 saturated carbocycles. The highest BCUT2D eigenvalue weighted by Crippen LogP contribution is 2.28. The number of guanidine groups is 1. The Morgan fingerprint density at radius 2 is 2.00 bits per heavy atom. The van der Waals surface area contributed by atoms with Crippen LogP contribution in [0.1, 0.15) is 44.7 Å². The Bertz CT molecular complexity index is 650. The van der Waals surface area contributed by atoms with Crippen LogP contribution in [0.4, 0.5) is 0 Å². The zero-order chi connectivity index (χ0) is 20.5. The zero-order valence-electron chi connectivity index (χ0n) is 18.9. The minimum Gasteiger partial charge on any atom is -0.497 e. The smallest absolute Gasteiger partial charge is 0.191 e. The van der Waals surface area contributed by atoms with Gasteiger partial charge in [0.05, 0.1) is 19.7 Å². The van der Waals surface area contributed by atoms with E-state index in [-0.39, 0.29) is 24.0 Å². The molecule has 2 fully saturated rings. The van der Waals surface area contributed by atoms with Crippen molar-refractivity contribution in [3.05, 3.63) is 29.8 Å². The van der Waals surface area contributed by atoms with Crippen molar-refractivity contribution in [1.82, 2.24) is 20.4 Å². The van der Waals surface area contributed by atoms with Crippen LogP contribution in [-0.2, 0) is 0 Å². The second kappa shape index (κ2) is 13.4. The molecule has 2 saturated heterocycles. The lowest BCUT2D eigenvalue weighted by molar-refractivity contribution is 0.251. The Kier molecular flexibility index (Phi) is 11.2. The van der Waals surface area contributed by atoms with Crippen LogP contribution < -0.4 is 15.4 Å². The van der Waals surface area contributed by atoms with Crippen LogP contribution in [0.3, 0.4) is 0 Å². The quantitative estimate of drug-likeness (QED) is 0.292. The molecular formula is C23H40IN5O. The SMILES string of the molecule is CCNC(=NCC(c1cccc(OC)c1)N1CCCC1)NCC1CCN(CC)C1.I. The van der Waals surface area contributed by atoms with Crippen LogP contribution in [-0.4, -0.2) is 75.2 Å². The van der Waals surface area contributed by atoms with Gasteiger partial charge in [-0.05, 0) is 76.0 Å². The summed E-state index contributed by atoms with van der Waals surface area (Å²) in [6.07, 6.45) is 3.83. The van der Waals surface area contributed by atoms with Crippen molar-refractivity contribution in [3.8, 4) is 5.75 Å². The van der Waals surface area contributed by atoms with Crippen LogP contribution in [0.15, 0.2) is 29.3 Å². The van der Waals surface area contributed by atoms with Crippen molar-refractivity contribution in [2.24, 2.45) is 10.9 Å². The molecule has 30 heavy (non-hydrogen) atoms. The van der Waals surface area contributed by atoms with E-state index >= 15 is 0 Å². The number of ether oxygens (including phenoxy) is 1. The van der Waals surface area contributed by atoms with Gasteiger partial charge < -0.3 is 20.3 Å². The molecule has 2 heterocycles. The maximum Gasteiger partial charge on any atom is 0.191 e. The molecule has 3 rings (SSSR count). The molecule has 1 aromatic rings. The van der Waals surface area contributed by atoms with E-state index in [0.717, 1.165) is 51.0 Å². The molecule has 2 N–H and O–H groups in total. The monoisotopic (exact) mass is 529 g/mol. The van der Waals surface area contributed by atoms with E-state index in [1.807, 2.05) is 6.07 Å². The van der Waals surface area contributed by atoms with E-state index in [2.05, 4.69) is 52.5 Å². The van der Waals surface area contributed by atoms with Gasteiger partial charge >= 0.3 is 0 Å². The first-order chi connectivity index (χ1) is 14.2. The van der Waals surface area contributed by atoms with Gasteiger partial charge in [0.15, 0.2) is 5.96 Å². The third-order valence-electron chi connectivity index (χ3n) is 6.20. The van der Waals surface area contributed by atoms with Gasteiger partial charge in [0.2, 0.25) is 0 Å². The maximum absolute atomic E-state index is 5.46. The van der Waals surface area contributed by atoms with Crippen LogP contribution >= 0.6 is 24.0 Å². The number of methoxy groups -OCH3 is 1. The molecular weight excluding hydrogens is 489 g/mol. The van der Waals surface area contributed by atoms with Crippen molar-refractivity contribution in [1.29, 1.82) is 0 Å². The van der Waals surface area contributed by atoms with E-state index in [9.17, 15) is 0 Å². The molecule has 0 radical (unpaired) electrons. The van der Waals surface area contributed by atoms with Gasteiger partial charge in [-0.2, -0.15) is 0 Å². The Morgan fingerprint density at radius 3 is 2.67 bits per heavy atom. The van der Waals surface area contributed by atoms with Crippen LogP contribution in [0.5, 0.6) is 5.75 Å². The fourth-order valence-corrected chi connectivity index (χ4v) is 4.46. The van der Waals surface area contributed by atoms with Crippen LogP contribution in [0, 0.1) is 5.92 Å². The summed E-state index contributed by atoms with van der Waals surface area (Å²) in [5.41, 5.74) is 1.29. The number of benzene rings is 1. The summed E-state index contributed by atoms with van der Waals surface area (Å²) >= 11 is 0. The highest BCUT2D eigenvalue weighted by molar-refractivity contribution is 14.0. The molecule has 2 aliphatic heterocycles. The number of aliphatic imine (C=N–C) groups is 1. The molecule has 170 valence electrons. The first-order valence-corrected chi connectivity index (χ1v) is 11.4. The van der Waals surface area contributed by atoms with E-state index < -0.39 is 0 Å². The van der Waals surface area contributed by atoms with Crippen molar-refractivity contribution in [3.63, 3.8) is 0 Å². The van der Waals surface area contributed by atoms with Crippen LogP contribution in [0.2, 0.25) is 0 Å². The zero-order valence-corrected chi connectivity index (χ0v) is 21.2. The van der Waals surface area contributed by atoms with E-state index in [0.29, 0.717) is 12.0 Å². The van der Waals surface area contributed by atoms with Gasteiger partial charge in [0, 0.05) is 19.6 Å². The molecule has 7 heteroatoms. The number of nitrogens with one attached hydrogen (secondary N) is 2. The maximum atomic E-state index is 5.46. The van der Waals surface area contributed by atoms with Gasteiger partial charge in [-0.1, -0.05) is 19.1 Å². The lowest BCUT2D eigenvalue weighted by Gasteiger charge is -2.27. The number of hydrogen-bond acceptors (Lipinski definition) is 4. The minimum atomic E-state index is 0. The second-order valence-corrected chi connectivity index (χ2v) is 8.18. The Labute approximate surface area is 199 Å². The van der Waals surface area contributed by atoms with Crippen molar-refractivity contribution >= 4 is 29.9 Å². The van der Waals surface area contributed by atoms with Crippen molar-refractivity contribution in [2.45, 2.75) is 39.2 Å². The van der Waals surface area contributed by atoms with Crippen LogP contribution in [0.25, 0.3) is 0 Å². The topological polar surface area (TPSA) is 52.1 Å². The first kappa shape index (κ1) is 25.2. The van der Waals surface area contributed by atoms with Gasteiger partial charge in [-0.25, -0.2) is 0 Å². The summed E-state index contributed by atoms with van der Waals surface area (Å²) in [4.78, 5) is 10.1. The molecule has 0 aromatic heterocycles. The summed E-state index contributed by atoms with van der Waals surface area (Å²) in [5.74, 6) is 2.57. The molecule has 0 aliphatic carbocycles. The first-order valence-electron chi connectivity index (χ1n) is 11.4. The van der Waals surface area contributed by atoms with Gasteiger partial charge in [-0.15, -0.1) is 24.0 Å². The summed E-state index contributed by atoms with van der Waals surface area (Å²) in [6, 6.07) is 8.77. The molecule has 6 nitrogen and oxygen atoms in total. The average Bonchev–Trinajstić information content (AvgIpc) is 3.44. The fourth-order valence-electron chi connectivity index (χ4n) is 4.46. The number of halogens is 1. The van der Waals surface area contributed by atoms with E-state index in [1.165, 1.54) is 37.9 Å². The third kappa shape index (κ3) is 7.27. The summed E-state index contributed by atoms with van der Waals surface area (Å²) < 4.78 is 5.46. The third-order valence-corrected chi connectivity index (χ3v) is 6.20. The average molecular weight is 530 g/mol. The predicted octanol–water partition coefficient (Wildman–Crippen LogP) is 3.35. The molecule has 1 aromatic carbocycles. The summed E-state index contributed by atoms with van der Waals surface area (Å²) in [7, 11) is 1.73. The summed E-state index contributed by atoms with van der Waals surface area (Å²) in [5, 5.41) is 7.03. The predicted molar refractivity (Wildman–Crippen MR) is 136 cm³/mol. The normalized spacial score (nSPS) is 21.3. The van der Waals surface area contributed by atoms with Crippen molar-refractivity contribution in [2.75, 3.05) is 59.5 Å². The second-order valence-electron chi connectivity index (χ2n) is 8.18.